The van der Waals surface area contributed by atoms with E-state index in [1.54, 1.807) is 0 Å². The van der Waals surface area contributed by atoms with Crippen molar-refractivity contribution in [1.82, 2.24) is 21.5 Å². The van der Waals surface area contributed by atoms with Gasteiger partial charge in [0.25, 0.3) is 5.91 Å². The molecule has 3 rings (SSSR count). The Hall–Kier alpha value is -2.34. The summed E-state index contributed by atoms with van der Waals surface area (Å²) in [6, 6.07) is 8.72. The lowest BCUT2D eigenvalue weighted by atomic mass is 9.94. The highest BCUT2D eigenvalue weighted by Crippen LogP contribution is 2.27. The Kier molecular flexibility index (Phi) is 2.49. The molecule has 0 saturated carbocycles. The minimum absolute atomic E-state index is 0.224. The Bertz CT molecular complexity index is 538. The summed E-state index contributed by atoms with van der Waals surface area (Å²) in [4.78, 5) is 23.5. The van der Waals surface area contributed by atoms with E-state index in [0.29, 0.717) is 17.8 Å². The van der Waals surface area contributed by atoms with E-state index >= 15 is 0 Å². The van der Waals surface area contributed by atoms with Gasteiger partial charge in [0, 0.05) is 5.70 Å². The maximum absolute atomic E-state index is 11.9. The number of hydrogen-bond donors (Lipinski definition) is 4. The smallest absolute Gasteiger partial charge is 0.319 e. The lowest BCUT2D eigenvalue weighted by molar-refractivity contribution is -0.119. The van der Waals surface area contributed by atoms with E-state index in [-0.39, 0.29) is 11.9 Å². The van der Waals surface area contributed by atoms with Crippen LogP contribution in [0.25, 0.3) is 0 Å². The lowest BCUT2D eigenvalue weighted by Gasteiger charge is -2.32. The van der Waals surface area contributed by atoms with Crippen LogP contribution >= 0.6 is 0 Å². The Morgan fingerprint density at radius 2 is 1.89 bits per heavy atom. The van der Waals surface area contributed by atoms with Gasteiger partial charge in [0.2, 0.25) is 0 Å². The summed E-state index contributed by atoms with van der Waals surface area (Å²) in [5.41, 5.74) is 7.35. The second-order valence-electron chi connectivity index (χ2n) is 4.14. The van der Waals surface area contributed by atoms with Gasteiger partial charge in [-0.1, -0.05) is 30.3 Å². The van der Waals surface area contributed by atoms with E-state index in [9.17, 15) is 9.59 Å². The number of hydrazine groups is 1. The molecule has 3 amide bonds. The van der Waals surface area contributed by atoms with Gasteiger partial charge >= 0.3 is 6.03 Å². The van der Waals surface area contributed by atoms with Gasteiger partial charge in [-0.3, -0.25) is 10.2 Å². The second-order valence-corrected chi connectivity index (χ2v) is 4.14. The zero-order chi connectivity index (χ0) is 12.5. The molecule has 2 aliphatic rings. The fraction of sp³-hybridized carbons (Fsp3) is 0.167. The number of carbonyl (C=O) groups excluding carboxylic acids is 2. The largest absolute Gasteiger partial charge is 0.327 e. The SMILES string of the molecule is O=C1NC2=C(C(=O)NNC2)C(c2ccccc2)N1. The minimum atomic E-state index is -0.406. The van der Waals surface area contributed by atoms with E-state index in [1.807, 2.05) is 30.3 Å². The van der Waals surface area contributed by atoms with Crippen LogP contribution in [-0.2, 0) is 4.79 Å². The van der Waals surface area contributed by atoms with E-state index < -0.39 is 6.04 Å². The third kappa shape index (κ3) is 1.72. The first-order valence-corrected chi connectivity index (χ1v) is 5.64. The van der Waals surface area contributed by atoms with Crippen LogP contribution < -0.4 is 21.5 Å². The molecule has 0 fully saturated rings. The number of carbonyl (C=O) groups is 2. The molecule has 92 valence electrons. The maximum Gasteiger partial charge on any atom is 0.319 e. The summed E-state index contributed by atoms with van der Waals surface area (Å²) in [6.07, 6.45) is 0. The zero-order valence-corrected chi connectivity index (χ0v) is 9.49. The van der Waals surface area contributed by atoms with Crippen molar-refractivity contribution in [3.63, 3.8) is 0 Å². The molecule has 0 spiro atoms. The zero-order valence-electron chi connectivity index (χ0n) is 9.49. The molecule has 2 aliphatic heterocycles. The molecule has 0 aromatic heterocycles. The van der Waals surface area contributed by atoms with Crippen LogP contribution in [-0.4, -0.2) is 18.5 Å². The van der Waals surface area contributed by atoms with Crippen molar-refractivity contribution in [1.29, 1.82) is 0 Å². The average molecular weight is 244 g/mol. The van der Waals surface area contributed by atoms with Gasteiger partial charge in [-0.25, -0.2) is 10.2 Å². The molecule has 4 N–H and O–H groups in total. The monoisotopic (exact) mass is 244 g/mol. The van der Waals surface area contributed by atoms with Crippen LogP contribution in [0.3, 0.4) is 0 Å². The van der Waals surface area contributed by atoms with E-state index in [2.05, 4.69) is 21.5 Å². The van der Waals surface area contributed by atoms with Crippen molar-refractivity contribution in [2.24, 2.45) is 0 Å². The highest BCUT2D eigenvalue weighted by molar-refractivity contribution is 5.99. The molecule has 18 heavy (non-hydrogen) atoms. The third-order valence-corrected chi connectivity index (χ3v) is 3.00. The Labute approximate surface area is 103 Å². The van der Waals surface area contributed by atoms with Crippen molar-refractivity contribution >= 4 is 11.9 Å². The first-order valence-electron chi connectivity index (χ1n) is 5.64. The van der Waals surface area contributed by atoms with Crippen molar-refractivity contribution in [3.05, 3.63) is 47.2 Å². The Morgan fingerprint density at radius 1 is 1.11 bits per heavy atom. The van der Waals surface area contributed by atoms with E-state index in [4.69, 9.17) is 0 Å². The van der Waals surface area contributed by atoms with Crippen LogP contribution in [0.4, 0.5) is 4.79 Å². The van der Waals surface area contributed by atoms with Gasteiger partial charge in [-0.05, 0) is 5.56 Å². The standard InChI is InChI=1S/C12H12N4O2/c17-11-9-8(6-13-16-11)14-12(18)15-10(9)7-4-2-1-3-5-7/h1-5,10,13H,6H2,(H,16,17)(H2,14,15,18). The highest BCUT2D eigenvalue weighted by Gasteiger charge is 2.34. The molecule has 0 radical (unpaired) electrons. The summed E-state index contributed by atoms with van der Waals surface area (Å²) in [5, 5.41) is 5.42. The highest BCUT2D eigenvalue weighted by atomic mass is 16.2. The molecule has 2 heterocycles. The predicted octanol–water partition coefficient (Wildman–Crippen LogP) is -0.0710. The first kappa shape index (κ1) is 10.8. The summed E-state index contributed by atoms with van der Waals surface area (Å²) >= 11 is 0. The van der Waals surface area contributed by atoms with Crippen molar-refractivity contribution in [2.75, 3.05) is 6.54 Å². The third-order valence-electron chi connectivity index (χ3n) is 3.00. The molecule has 6 nitrogen and oxygen atoms in total. The van der Waals surface area contributed by atoms with Crippen LogP contribution in [0.15, 0.2) is 41.6 Å². The van der Waals surface area contributed by atoms with Gasteiger partial charge in [0.1, 0.15) is 0 Å². The molecular weight excluding hydrogens is 232 g/mol. The molecule has 0 bridgehead atoms. The number of hydrogen-bond acceptors (Lipinski definition) is 3. The summed E-state index contributed by atoms with van der Waals surface area (Å²) < 4.78 is 0. The first-order chi connectivity index (χ1) is 8.75. The maximum atomic E-state index is 11.9. The molecule has 0 saturated heterocycles. The van der Waals surface area contributed by atoms with Gasteiger partial charge in [0.05, 0.1) is 18.2 Å². The predicted molar refractivity (Wildman–Crippen MR) is 64.0 cm³/mol. The Balaban J connectivity index is 2.07. The topological polar surface area (TPSA) is 82.3 Å². The van der Waals surface area contributed by atoms with Crippen molar-refractivity contribution < 1.29 is 9.59 Å². The quantitative estimate of drug-likeness (QED) is 0.558. The van der Waals surface area contributed by atoms with E-state index in [0.717, 1.165) is 5.56 Å². The molecule has 1 aromatic carbocycles. The molecular formula is C12H12N4O2. The number of amides is 3. The van der Waals surface area contributed by atoms with Crippen LogP contribution in [0.5, 0.6) is 0 Å². The van der Waals surface area contributed by atoms with Crippen molar-refractivity contribution in [3.8, 4) is 0 Å². The molecule has 1 unspecified atom stereocenters. The lowest BCUT2D eigenvalue weighted by Crippen LogP contribution is -2.55. The number of rotatable bonds is 1. The molecule has 6 heteroatoms. The Morgan fingerprint density at radius 3 is 2.67 bits per heavy atom. The fourth-order valence-corrected chi connectivity index (χ4v) is 2.20. The number of nitrogens with one attached hydrogen (secondary N) is 4. The molecule has 1 aromatic rings. The number of urea groups is 1. The number of benzene rings is 1. The summed E-state index contributed by atoms with van der Waals surface area (Å²) in [5.74, 6) is -0.224. The van der Waals surface area contributed by atoms with Crippen molar-refractivity contribution in [2.45, 2.75) is 6.04 Å². The van der Waals surface area contributed by atoms with Crippen LogP contribution in [0.2, 0.25) is 0 Å². The van der Waals surface area contributed by atoms with E-state index in [1.165, 1.54) is 0 Å². The van der Waals surface area contributed by atoms with Crippen LogP contribution in [0.1, 0.15) is 11.6 Å². The summed E-state index contributed by atoms with van der Waals surface area (Å²) in [7, 11) is 0. The van der Waals surface area contributed by atoms with Crippen LogP contribution in [0, 0.1) is 0 Å². The van der Waals surface area contributed by atoms with Gasteiger partial charge < -0.3 is 10.6 Å². The van der Waals surface area contributed by atoms with Gasteiger partial charge in [0.15, 0.2) is 0 Å². The van der Waals surface area contributed by atoms with Gasteiger partial charge in [-0.15, -0.1) is 0 Å². The van der Waals surface area contributed by atoms with Gasteiger partial charge in [-0.2, -0.15) is 0 Å². The summed E-state index contributed by atoms with van der Waals surface area (Å²) in [6.45, 7) is 0.415. The normalized spacial score (nSPS) is 22.8. The second kappa shape index (κ2) is 4.15. The minimum Gasteiger partial charge on any atom is -0.327 e. The fourth-order valence-electron chi connectivity index (χ4n) is 2.20. The average Bonchev–Trinajstić information content (AvgIpc) is 2.39. The molecule has 1 atom stereocenters. The molecule has 0 aliphatic carbocycles.